The Labute approximate surface area is 191 Å². The molecule has 1 amide bonds. The number of likely N-dealkylation sites (tertiary alicyclic amines) is 1. The molecule has 1 aromatic heterocycles. The van der Waals surface area contributed by atoms with E-state index in [1.165, 1.54) is 4.68 Å². The predicted octanol–water partition coefficient (Wildman–Crippen LogP) is 4.14. The number of carbonyl (C=O) groups is 1. The molecule has 2 aliphatic heterocycles. The molecule has 32 heavy (non-hydrogen) atoms. The van der Waals surface area contributed by atoms with Gasteiger partial charge in [0.2, 0.25) is 0 Å². The highest BCUT2D eigenvalue weighted by atomic mass is 35.5. The van der Waals surface area contributed by atoms with E-state index in [2.05, 4.69) is 5.43 Å². The summed E-state index contributed by atoms with van der Waals surface area (Å²) in [4.78, 5) is 29.3. The zero-order chi connectivity index (χ0) is 22.2. The first-order chi connectivity index (χ1) is 15.6. The number of aromatic nitrogens is 1. The fourth-order valence-electron chi connectivity index (χ4n) is 4.73. The van der Waals surface area contributed by atoms with E-state index in [9.17, 15) is 9.59 Å². The van der Waals surface area contributed by atoms with E-state index >= 15 is 0 Å². The van der Waals surface area contributed by atoms with E-state index in [1.54, 1.807) is 13.2 Å². The van der Waals surface area contributed by atoms with Gasteiger partial charge in [-0.15, -0.1) is 0 Å². The lowest BCUT2D eigenvalue weighted by atomic mass is 9.95. The number of rotatable bonds is 4. The van der Waals surface area contributed by atoms with Crippen LogP contribution >= 0.6 is 11.6 Å². The zero-order valence-corrected chi connectivity index (χ0v) is 18.6. The molecule has 7 heteroatoms. The first kappa shape index (κ1) is 20.8. The lowest BCUT2D eigenvalue weighted by Gasteiger charge is -2.29. The van der Waals surface area contributed by atoms with Crippen molar-refractivity contribution in [1.29, 1.82) is 0 Å². The summed E-state index contributed by atoms with van der Waals surface area (Å²) in [5.74, 6) is -0.0971. The van der Waals surface area contributed by atoms with E-state index in [4.69, 9.17) is 16.3 Å². The topological polar surface area (TPSA) is 63.6 Å². The van der Waals surface area contributed by atoms with Gasteiger partial charge in [0.15, 0.2) is 0 Å². The molecule has 0 spiro atoms. The first-order valence-electron chi connectivity index (χ1n) is 10.8. The molecule has 0 saturated carbocycles. The molecule has 3 heterocycles. The number of amides is 1. The van der Waals surface area contributed by atoms with Gasteiger partial charge in [-0.2, -0.15) is 0 Å². The van der Waals surface area contributed by atoms with Gasteiger partial charge < -0.3 is 15.1 Å². The molecule has 164 valence electrons. The van der Waals surface area contributed by atoms with Crippen molar-refractivity contribution in [2.75, 3.05) is 25.7 Å². The highest BCUT2D eigenvalue weighted by molar-refractivity contribution is 6.31. The summed E-state index contributed by atoms with van der Waals surface area (Å²) in [7, 11) is 1.65. The van der Waals surface area contributed by atoms with Crippen molar-refractivity contribution in [2.24, 2.45) is 0 Å². The Bertz CT molecular complexity index is 1240. The predicted molar refractivity (Wildman–Crippen MR) is 126 cm³/mol. The van der Waals surface area contributed by atoms with Crippen molar-refractivity contribution in [2.45, 2.75) is 25.4 Å². The quantitative estimate of drug-likeness (QED) is 0.650. The Balaban J connectivity index is 1.75. The summed E-state index contributed by atoms with van der Waals surface area (Å²) < 4.78 is 6.87. The molecular weight excluding hydrogens is 426 g/mol. The van der Waals surface area contributed by atoms with Gasteiger partial charge in [0, 0.05) is 29.8 Å². The van der Waals surface area contributed by atoms with Crippen molar-refractivity contribution >= 4 is 17.5 Å². The van der Waals surface area contributed by atoms with Gasteiger partial charge in [-0.1, -0.05) is 48.0 Å². The van der Waals surface area contributed by atoms with Crippen molar-refractivity contribution in [3.05, 3.63) is 81.1 Å². The van der Waals surface area contributed by atoms with Crippen LogP contribution in [0.2, 0.25) is 5.02 Å². The van der Waals surface area contributed by atoms with Crippen LogP contribution in [0.5, 0.6) is 0 Å². The van der Waals surface area contributed by atoms with E-state index < -0.39 is 0 Å². The third-order valence-electron chi connectivity index (χ3n) is 6.27. The first-order valence-corrected chi connectivity index (χ1v) is 11.1. The Morgan fingerprint density at radius 3 is 2.75 bits per heavy atom. The highest BCUT2D eigenvalue weighted by Gasteiger charge is 2.33. The standard InChI is InChI=1S/C25H24ClN3O3/c1-32-15-19-8-5-11-28(19)24(30)22-13-21(16-6-3-2-4-7-16)25(31)29-23(22)20-12-18(26)10-9-17(20)14-27-29/h2-4,6-7,9-10,12-13,19,27H,5,8,11,14-15H2,1H3/t19-/m1/s1. The minimum absolute atomic E-state index is 0.0237. The van der Waals surface area contributed by atoms with Crippen LogP contribution in [0.25, 0.3) is 22.4 Å². The van der Waals surface area contributed by atoms with Crippen LogP contribution in [-0.2, 0) is 11.3 Å². The Kier molecular flexibility index (Phi) is 5.49. The second-order valence-electron chi connectivity index (χ2n) is 8.21. The maximum Gasteiger partial charge on any atom is 0.277 e. The van der Waals surface area contributed by atoms with Crippen molar-refractivity contribution in [3.63, 3.8) is 0 Å². The van der Waals surface area contributed by atoms with E-state index in [0.29, 0.717) is 41.5 Å². The molecule has 5 rings (SSSR count). The number of hydrogen-bond donors (Lipinski definition) is 1. The summed E-state index contributed by atoms with van der Waals surface area (Å²) in [6.45, 7) is 1.64. The van der Waals surface area contributed by atoms with Gasteiger partial charge >= 0.3 is 0 Å². The third-order valence-corrected chi connectivity index (χ3v) is 6.50. The van der Waals surface area contributed by atoms with Crippen molar-refractivity contribution < 1.29 is 9.53 Å². The van der Waals surface area contributed by atoms with Crippen molar-refractivity contribution in [1.82, 2.24) is 9.58 Å². The molecule has 3 aromatic rings. The van der Waals surface area contributed by atoms with Crippen LogP contribution in [0.4, 0.5) is 0 Å². The Morgan fingerprint density at radius 1 is 1.16 bits per heavy atom. The van der Waals surface area contributed by atoms with Crippen LogP contribution in [0.15, 0.2) is 59.4 Å². The minimum Gasteiger partial charge on any atom is -0.383 e. The number of fused-ring (bicyclic) bond motifs is 3. The average molecular weight is 450 g/mol. The smallest absolute Gasteiger partial charge is 0.277 e. The summed E-state index contributed by atoms with van der Waals surface area (Å²) in [6, 6.07) is 16.8. The van der Waals surface area contributed by atoms with E-state index in [1.807, 2.05) is 53.4 Å². The normalized spacial score (nSPS) is 16.9. The van der Waals surface area contributed by atoms with Gasteiger partial charge in [-0.25, -0.2) is 4.68 Å². The molecule has 1 saturated heterocycles. The second kappa shape index (κ2) is 8.45. The third kappa shape index (κ3) is 3.49. The van der Waals surface area contributed by atoms with E-state index in [-0.39, 0.29) is 17.5 Å². The number of carbonyl (C=O) groups excluding carboxylic acids is 1. The molecule has 2 aliphatic rings. The molecule has 0 bridgehead atoms. The molecule has 6 nitrogen and oxygen atoms in total. The summed E-state index contributed by atoms with van der Waals surface area (Å²) in [5.41, 5.74) is 7.12. The number of halogens is 1. The van der Waals surface area contributed by atoms with Crippen LogP contribution in [0.3, 0.4) is 0 Å². The lowest BCUT2D eigenvalue weighted by molar-refractivity contribution is 0.0630. The van der Waals surface area contributed by atoms with Crippen LogP contribution in [-0.4, -0.2) is 41.8 Å². The number of benzene rings is 2. The maximum absolute atomic E-state index is 13.9. The van der Waals surface area contributed by atoms with Gasteiger partial charge in [0.25, 0.3) is 11.5 Å². The number of nitrogens with zero attached hydrogens (tertiary/aromatic N) is 2. The largest absolute Gasteiger partial charge is 0.383 e. The van der Waals surface area contributed by atoms with Crippen molar-refractivity contribution in [3.8, 4) is 22.4 Å². The van der Waals surface area contributed by atoms with Crippen LogP contribution in [0.1, 0.15) is 28.8 Å². The summed E-state index contributed by atoms with van der Waals surface area (Å²) in [6.07, 6.45) is 1.84. The molecule has 0 aliphatic carbocycles. The van der Waals surface area contributed by atoms with Gasteiger partial charge in [0.1, 0.15) is 0 Å². The number of hydrogen-bond acceptors (Lipinski definition) is 4. The lowest BCUT2D eigenvalue weighted by Crippen LogP contribution is -2.41. The Hall–Kier alpha value is -3.09. The maximum atomic E-state index is 13.9. The number of ether oxygens (including phenoxy) is 1. The van der Waals surface area contributed by atoms with Crippen LogP contribution < -0.4 is 11.0 Å². The molecule has 0 unspecified atom stereocenters. The fourth-order valence-corrected chi connectivity index (χ4v) is 4.90. The molecule has 1 N–H and O–H groups in total. The minimum atomic E-state index is -0.191. The molecule has 1 atom stereocenters. The summed E-state index contributed by atoms with van der Waals surface area (Å²) >= 11 is 6.31. The monoisotopic (exact) mass is 449 g/mol. The van der Waals surface area contributed by atoms with Gasteiger partial charge in [-0.05, 0) is 42.2 Å². The van der Waals surface area contributed by atoms with E-state index in [0.717, 1.165) is 29.5 Å². The number of pyridine rings is 1. The molecule has 2 aromatic carbocycles. The van der Waals surface area contributed by atoms with Crippen LogP contribution in [0, 0.1) is 0 Å². The highest BCUT2D eigenvalue weighted by Crippen LogP contribution is 2.35. The fraction of sp³-hybridized carbons (Fsp3) is 0.280. The average Bonchev–Trinajstić information content (AvgIpc) is 3.28. The van der Waals surface area contributed by atoms with Gasteiger partial charge in [-0.3, -0.25) is 9.59 Å². The molecule has 0 radical (unpaired) electrons. The van der Waals surface area contributed by atoms with Gasteiger partial charge in [0.05, 0.1) is 30.5 Å². The molecular formula is C25H24ClN3O3. The Morgan fingerprint density at radius 2 is 1.97 bits per heavy atom. The zero-order valence-electron chi connectivity index (χ0n) is 17.8. The number of methoxy groups -OCH3 is 1. The summed E-state index contributed by atoms with van der Waals surface area (Å²) in [5, 5.41) is 0.564. The SMILES string of the molecule is COC[C@H]1CCCN1C(=O)c1cc(-c2ccccc2)c(=O)n2c1-c1cc(Cl)ccc1CN2. The molecule has 1 fully saturated rings. The second-order valence-corrected chi connectivity index (χ2v) is 8.65. The number of nitrogens with one attached hydrogen (secondary N) is 1.